The van der Waals surface area contributed by atoms with Gasteiger partial charge in [-0.1, -0.05) is 0 Å². The molecular formula is C8H11F3N4O2. The molecule has 96 valence electrons. The minimum atomic E-state index is -4.21. The average Bonchev–Trinajstić information content (AvgIpc) is 2.53. The first-order valence-electron chi connectivity index (χ1n) is 4.78. The molecule has 0 saturated heterocycles. The quantitative estimate of drug-likeness (QED) is 0.494. The maximum Gasteiger partial charge on any atom is 0.389 e. The van der Waals surface area contributed by atoms with E-state index < -0.39 is 17.5 Å². The molecular weight excluding hydrogens is 241 g/mol. The van der Waals surface area contributed by atoms with Crippen LogP contribution in [0.4, 0.5) is 24.7 Å². The first kappa shape index (κ1) is 13.3. The first-order chi connectivity index (χ1) is 7.79. The highest BCUT2D eigenvalue weighted by atomic mass is 19.4. The third kappa shape index (κ3) is 4.29. The number of hydrogen-bond acceptors (Lipinski definition) is 4. The molecule has 6 nitrogen and oxygen atoms in total. The highest BCUT2D eigenvalue weighted by Crippen LogP contribution is 2.23. The van der Waals surface area contributed by atoms with Crippen LogP contribution in [0.5, 0.6) is 0 Å². The second-order valence-electron chi connectivity index (χ2n) is 3.44. The van der Waals surface area contributed by atoms with Crippen molar-refractivity contribution in [2.24, 2.45) is 7.05 Å². The maximum absolute atomic E-state index is 11.8. The normalized spacial score (nSPS) is 11.5. The van der Waals surface area contributed by atoms with Gasteiger partial charge in [-0.2, -0.15) is 13.2 Å². The highest BCUT2D eigenvalue weighted by Gasteiger charge is 2.26. The summed E-state index contributed by atoms with van der Waals surface area (Å²) in [6, 6.07) is 0. The number of hydrogen-bond donors (Lipinski definition) is 1. The van der Waals surface area contributed by atoms with Crippen molar-refractivity contribution < 1.29 is 18.1 Å². The molecule has 1 aromatic heterocycles. The fourth-order valence-electron chi connectivity index (χ4n) is 1.23. The minimum Gasteiger partial charge on any atom is -0.363 e. The van der Waals surface area contributed by atoms with Crippen molar-refractivity contribution in [1.82, 2.24) is 9.78 Å². The fourth-order valence-corrected chi connectivity index (χ4v) is 1.23. The van der Waals surface area contributed by atoms with E-state index in [9.17, 15) is 23.3 Å². The predicted octanol–water partition coefficient (Wildman–Crippen LogP) is 2.08. The molecule has 0 atom stereocenters. The third-order valence-corrected chi connectivity index (χ3v) is 1.94. The number of rotatable bonds is 5. The van der Waals surface area contributed by atoms with Gasteiger partial charge in [-0.05, 0) is 6.42 Å². The Morgan fingerprint density at radius 1 is 1.59 bits per heavy atom. The number of anilines is 1. The molecule has 0 unspecified atom stereocenters. The summed E-state index contributed by atoms with van der Waals surface area (Å²) < 4.78 is 36.7. The van der Waals surface area contributed by atoms with E-state index in [0.29, 0.717) is 0 Å². The second kappa shape index (κ2) is 5.02. The smallest absolute Gasteiger partial charge is 0.363 e. The second-order valence-corrected chi connectivity index (χ2v) is 3.44. The maximum atomic E-state index is 11.8. The monoisotopic (exact) mass is 252 g/mol. The molecule has 0 aromatic carbocycles. The summed E-state index contributed by atoms with van der Waals surface area (Å²) in [6.45, 7) is -0.0165. The Hall–Kier alpha value is -1.80. The van der Waals surface area contributed by atoms with Gasteiger partial charge >= 0.3 is 11.9 Å². The Morgan fingerprint density at radius 3 is 2.76 bits per heavy atom. The molecule has 9 heteroatoms. The van der Waals surface area contributed by atoms with Crippen LogP contribution in [0.15, 0.2) is 6.20 Å². The topological polar surface area (TPSA) is 73.0 Å². The van der Waals surface area contributed by atoms with Gasteiger partial charge in [0.25, 0.3) is 0 Å². The summed E-state index contributed by atoms with van der Waals surface area (Å²) in [5.74, 6) is -0.0142. The molecule has 0 fully saturated rings. The largest absolute Gasteiger partial charge is 0.389 e. The standard InChI is InChI=1S/C8H11F3N4O2/c1-14-5-6(15(16)17)7(13-14)12-4-2-3-8(9,10)11/h5H,2-4H2,1H3,(H,12,13). The van der Waals surface area contributed by atoms with E-state index in [2.05, 4.69) is 10.4 Å². The van der Waals surface area contributed by atoms with Gasteiger partial charge in [-0.15, -0.1) is 5.10 Å². The summed E-state index contributed by atoms with van der Waals surface area (Å²) in [6.07, 6.45) is -4.11. The van der Waals surface area contributed by atoms with Crippen molar-refractivity contribution in [3.05, 3.63) is 16.3 Å². The predicted molar refractivity (Wildman–Crippen MR) is 53.6 cm³/mol. The van der Waals surface area contributed by atoms with E-state index in [0.717, 1.165) is 0 Å². The zero-order valence-corrected chi connectivity index (χ0v) is 8.99. The van der Waals surface area contributed by atoms with E-state index in [4.69, 9.17) is 0 Å². The summed E-state index contributed by atoms with van der Waals surface area (Å²) in [4.78, 5) is 9.92. The zero-order chi connectivity index (χ0) is 13.1. The number of nitro groups is 1. The van der Waals surface area contributed by atoms with Crippen molar-refractivity contribution in [1.29, 1.82) is 0 Å². The van der Waals surface area contributed by atoms with Crippen LogP contribution in [-0.2, 0) is 7.05 Å². The SMILES string of the molecule is Cn1cc([N+](=O)[O-])c(NCCCC(F)(F)F)n1. The first-order valence-corrected chi connectivity index (χ1v) is 4.78. The molecule has 1 N–H and O–H groups in total. The molecule has 0 aliphatic carbocycles. The number of nitrogens with one attached hydrogen (secondary N) is 1. The number of aromatic nitrogens is 2. The van der Waals surface area contributed by atoms with Crippen LogP contribution in [0.2, 0.25) is 0 Å². The van der Waals surface area contributed by atoms with Crippen LogP contribution in [0.25, 0.3) is 0 Å². The van der Waals surface area contributed by atoms with Crippen LogP contribution in [0.3, 0.4) is 0 Å². The molecule has 17 heavy (non-hydrogen) atoms. The van der Waals surface area contributed by atoms with Crippen LogP contribution < -0.4 is 5.32 Å². The van der Waals surface area contributed by atoms with Gasteiger partial charge in [0.2, 0.25) is 5.82 Å². The number of nitrogens with zero attached hydrogens (tertiary/aromatic N) is 3. The van der Waals surface area contributed by atoms with Gasteiger partial charge in [0.1, 0.15) is 6.20 Å². The minimum absolute atomic E-state index is 0.0142. The Morgan fingerprint density at radius 2 is 2.24 bits per heavy atom. The van der Waals surface area contributed by atoms with Gasteiger partial charge in [0.05, 0.1) is 4.92 Å². The Balaban J connectivity index is 2.49. The average molecular weight is 252 g/mol. The Bertz CT molecular complexity index is 402. The molecule has 0 bridgehead atoms. The molecule has 0 aliphatic heterocycles. The molecule has 0 amide bonds. The number of alkyl halides is 3. The number of aryl methyl sites for hydroxylation is 1. The molecule has 1 heterocycles. The Kier molecular flexibility index (Phi) is 3.92. The summed E-state index contributed by atoms with van der Waals surface area (Å²) in [7, 11) is 1.49. The molecule has 0 aliphatic rings. The van der Waals surface area contributed by atoms with Gasteiger partial charge < -0.3 is 5.32 Å². The summed E-state index contributed by atoms with van der Waals surface area (Å²) in [5, 5.41) is 16.8. The van der Waals surface area contributed by atoms with Crippen molar-refractivity contribution >= 4 is 11.5 Å². The highest BCUT2D eigenvalue weighted by molar-refractivity contribution is 5.54. The van der Waals surface area contributed by atoms with Gasteiger partial charge in [-0.3, -0.25) is 14.8 Å². The van der Waals surface area contributed by atoms with E-state index in [-0.39, 0.29) is 24.5 Å². The van der Waals surface area contributed by atoms with Gasteiger partial charge in [-0.25, -0.2) is 0 Å². The zero-order valence-electron chi connectivity index (χ0n) is 8.99. The Labute approximate surface area is 94.6 Å². The van der Waals surface area contributed by atoms with Crippen molar-refractivity contribution in [3.8, 4) is 0 Å². The lowest BCUT2D eigenvalue weighted by Crippen LogP contribution is -2.11. The van der Waals surface area contributed by atoms with Crippen LogP contribution in [0, 0.1) is 10.1 Å². The van der Waals surface area contributed by atoms with E-state index >= 15 is 0 Å². The lowest BCUT2D eigenvalue weighted by atomic mass is 10.3. The van der Waals surface area contributed by atoms with Crippen LogP contribution in [-0.4, -0.2) is 27.4 Å². The van der Waals surface area contributed by atoms with E-state index in [1.807, 2.05) is 0 Å². The number of halogens is 3. The van der Waals surface area contributed by atoms with Crippen molar-refractivity contribution in [2.75, 3.05) is 11.9 Å². The summed E-state index contributed by atoms with van der Waals surface area (Å²) in [5.41, 5.74) is -0.250. The molecule has 0 spiro atoms. The molecule has 0 saturated carbocycles. The molecule has 0 radical (unpaired) electrons. The van der Waals surface area contributed by atoms with Crippen molar-refractivity contribution in [3.63, 3.8) is 0 Å². The summed E-state index contributed by atoms with van der Waals surface area (Å²) >= 11 is 0. The van der Waals surface area contributed by atoms with Gasteiger partial charge in [0, 0.05) is 20.0 Å². The third-order valence-electron chi connectivity index (χ3n) is 1.94. The lowest BCUT2D eigenvalue weighted by molar-refractivity contribution is -0.384. The fraction of sp³-hybridized carbons (Fsp3) is 0.625. The van der Waals surface area contributed by atoms with E-state index in [1.54, 1.807) is 0 Å². The molecule has 1 rings (SSSR count). The van der Waals surface area contributed by atoms with Crippen LogP contribution >= 0.6 is 0 Å². The van der Waals surface area contributed by atoms with Gasteiger partial charge in [0.15, 0.2) is 0 Å². The molecule has 1 aromatic rings. The lowest BCUT2D eigenvalue weighted by Gasteiger charge is -2.06. The van der Waals surface area contributed by atoms with Crippen LogP contribution in [0.1, 0.15) is 12.8 Å². The van der Waals surface area contributed by atoms with Crippen molar-refractivity contribution in [2.45, 2.75) is 19.0 Å². The van der Waals surface area contributed by atoms with E-state index in [1.165, 1.54) is 17.9 Å².